The number of carbonyl (C=O) groups excluding carboxylic acids is 1. The molecule has 3 aromatic carbocycles. The molecule has 0 aliphatic heterocycles. The lowest BCUT2D eigenvalue weighted by atomic mass is 10.2. The Bertz CT molecular complexity index is 1140. The van der Waals surface area contributed by atoms with Gasteiger partial charge >= 0.3 is 10.1 Å². The molecule has 0 spiro atoms. The summed E-state index contributed by atoms with van der Waals surface area (Å²) in [6.45, 7) is 1.87. The Morgan fingerprint density at radius 3 is 2.38 bits per heavy atom. The smallest absolute Gasteiger partial charge is 0.339 e. The van der Waals surface area contributed by atoms with Gasteiger partial charge in [0.1, 0.15) is 10.6 Å². The molecular formula is C21H17BrN2O4S. The molecule has 8 heteroatoms. The molecule has 0 fully saturated rings. The van der Waals surface area contributed by atoms with E-state index in [2.05, 4.69) is 26.5 Å². The highest BCUT2D eigenvalue weighted by Gasteiger charge is 2.16. The molecule has 0 aliphatic rings. The summed E-state index contributed by atoms with van der Waals surface area (Å²) in [6, 6.07) is 19.7. The lowest BCUT2D eigenvalue weighted by molar-refractivity contribution is 0.0955. The van der Waals surface area contributed by atoms with Crippen molar-refractivity contribution in [2.24, 2.45) is 5.10 Å². The monoisotopic (exact) mass is 472 g/mol. The fourth-order valence-electron chi connectivity index (χ4n) is 2.35. The minimum absolute atomic E-state index is 0.0870. The summed E-state index contributed by atoms with van der Waals surface area (Å²) < 4.78 is 30.6. The molecule has 3 aromatic rings. The molecule has 0 saturated heterocycles. The number of nitrogens with zero attached hydrogens (tertiary/aromatic N) is 1. The van der Waals surface area contributed by atoms with E-state index in [1.807, 2.05) is 13.0 Å². The van der Waals surface area contributed by atoms with Gasteiger partial charge in [-0.15, -0.1) is 0 Å². The predicted octanol–water partition coefficient (Wildman–Crippen LogP) is 4.29. The highest BCUT2D eigenvalue weighted by Crippen LogP contribution is 2.19. The minimum atomic E-state index is -3.90. The molecule has 6 nitrogen and oxygen atoms in total. The molecule has 0 unspecified atom stereocenters. The van der Waals surface area contributed by atoms with E-state index in [-0.39, 0.29) is 16.6 Å². The Labute approximate surface area is 177 Å². The zero-order valence-electron chi connectivity index (χ0n) is 15.4. The van der Waals surface area contributed by atoms with Gasteiger partial charge in [-0.2, -0.15) is 13.5 Å². The Kier molecular flexibility index (Phi) is 6.46. The molecule has 0 aliphatic carbocycles. The number of hydrazone groups is 1. The van der Waals surface area contributed by atoms with E-state index in [0.717, 1.165) is 10.0 Å². The molecule has 0 bridgehead atoms. The number of hydrogen-bond acceptors (Lipinski definition) is 5. The first-order chi connectivity index (χ1) is 13.8. The Morgan fingerprint density at radius 2 is 1.72 bits per heavy atom. The quantitative estimate of drug-likeness (QED) is 0.329. The first kappa shape index (κ1) is 20.8. The third-order valence-corrected chi connectivity index (χ3v) is 5.62. The second kappa shape index (κ2) is 9.02. The van der Waals surface area contributed by atoms with Crippen LogP contribution in [0.2, 0.25) is 0 Å². The lowest BCUT2D eigenvalue weighted by Gasteiger charge is -2.07. The molecule has 0 aromatic heterocycles. The van der Waals surface area contributed by atoms with Crippen LogP contribution >= 0.6 is 15.9 Å². The number of amides is 1. The van der Waals surface area contributed by atoms with Crippen molar-refractivity contribution in [1.82, 2.24) is 5.43 Å². The molecular weight excluding hydrogens is 456 g/mol. The maximum Gasteiger partial charge on any atom is 0.339 e. The van der Waals surface area contributed by atoms with E-state index in [9.17, 15) is 13.2 Å². The SMILES string of the molecule is Cc1ccc(S(=O)(=O)Oc2ccc(/C=N\NC(=O)c3cccc(Br)c3)cc2)cc1. The second-order valence-corrected chi connectivity index (χ2v) is 8.59. The molecule has 148 valence electrons. The number of hydrogen-bond donors (Lipinski definition) is 1. The largest absolute Gasteiger partial charge is 0.379 e. The van der Waals surface area contributed by atoms with Crippen molar-refractivity contribution in [2.45, 2.75) is 11.8 Å². The van der Waals surface area contributed by atoms with Crippen LogP contribution in [0.4, 0.5) is 0 Å². The summed E-state index contributed by atoms with van der Waals surface area (Å²) in [5.74, 6) is -0.160. The van der Waals surface area contributed by atoms with Gasteiger partial charge in [-0.25, -0.2) is 5.43 Å². The highest BCUT2D eigenvalue weighted by molar-refractivity contribution is 9.10. The fourth-order valence-corrected chi connectivity index (χ4v) is 3.68. The first-order valence-corrected chi connectivity index (χ1v) is 10.7. The lowest BCUT2D eigenvalue weighted by Crippen LogP contribution is -2.17. The van der Waals surface area contributed by atoms with E-state index in [4.69, 9.17) is 4.18 Å². The predicted molar refractivity (Wildman–Crippen MR) is 115 cm³/mol. The van der Waals surface area contributed by atoms with Crippen molar-refractivity contribution in [3.63, 3.8) is 0 Å². The van der Waals surface area contributed by atoms with Crippen molar-refractivity contribution in [3.05, 3.63) is 94.0 Å². The first-order valence-electron chi connectivity index (χ1n) is 8.54. The van der Waals surface area contributed by atoms with Crippen molar-refractivity contribution >= 4 is 38.2 Å². The molecule has 0 heterocycles. The average molecular weight is 473 g/mol. The van der Waals surface area contributed by atoms with E-state index in [1.54, 1.807) is 42.5 Å². The van der Waals surface area contributed by atoms with Crippen LogP contribution in [0.1, 0.15) is 21.5 Å². The molecule has 29 heavy (non-hydrogen) atoms. The third kappa shape index (κ3) is 5.75. The number of halogens is 1. The minimum Gasteiger partial charge on any atom is -0.379 e. The van der Waals surface area contributed by atoms with Gasteiger partial charge in [-0.3, -0.25) is 4.79 Å². The van der Waals surface area contributed by atoms with Gasteiger partial charge in [0.2, 0.25) is 0 Å². The molecule has 1 N–H and O–H groups in total. The van der Waals surface area contributed by atoms with E-state index >= 15 is 0 Å². The van der Waals surface area contributed by atoms with Crippen LogP contribution in [0.5, 0.6) is 5.75 Å². The maximum absolute atomic E-state index is 12.3. The molecule has 0 radical (unpaired) electrons. The van der Waals surface area contributed by atoms with Crippen LogP contribution in [0, 0.1) is 6.92 Å². The Hall–Kier alpha value is -2.97. The summed E-state index contributed by atoms with van der Waals surface area (Å²) in [7, 11) is -3.90. The second-order valence-electron chi connectivity index (χ2n) is 6.13. The van der Waals surface area contributed by atoms with E-state index in [0.29, 0.717) is 11.1 Å². The van der Waals surface area contributed by atoms with Crippen LogP contribution in [0.25, 0.3) is 0 Å². The number of aryl methyl sites for hydroxylation is 1. The number of rotatable bonds is 6. The normalized spacial score (nSPS) is 11.4. The fraction of sp³-hybridized carbons (Fsp3) is 0.0476. The average Bonchev–Trinajstić information content (AvgIpc) is 2.69. The van der Waals surface area contributed by atoms with Crippen molar-refractivity contribution in [2.75, 3.05) is 0 Å². The van der Waals surface area contributed by atoms with Crippen LogP contribution in [0.3, 0.4) is 0 Å². The molecule has 0 saturated carbocycles. The summed E-state index contributed by atoms with van der Waals surface area (Å²) in [5.41, 5.74) is 4.53. The summed E-state index contributed by atoms with van der Waals surface area (Å²) >= 11 is 3.31. The number of nitrogens with one attached hydrogen (secondary N) is 1. The molecule has 1 amide bonds. The summed E-state index contributed by atoms with van der Waals surface area (Å²) in [6.07, 6.45) is 1.45. The van der Waals surface area contributed by atoms with Crippen molar-refractivity contribution in [1.29, 1.82) is 0 Å². The van der Waals surface area contributed by atoms with Gasteiger partial charge in [-0.05, 0) is 67.1 Å². The van der Waals surface area contributed by atoms with Crippen LogP contribution in [0.15, 0.2) is 87.3 Å². The Balaban J connectivity index is 1.62. The van der Waals surface area contributed by atoms with Crippen molar-refractivity contribution < 1.29 is 17.4 Å². The van der Waals surface area contributed by atoms with Gasteiger partial charge in [0, 0.05) is 10.0 Å². The molecule has 3 rings (SSSR count). The standard InChI is InChI=1S/C21H17BrN2O4S/c1-15-5-11-20(12-6-15)29(26,27)28-19-9-7-16(8-10-19)14-23-24-21(25)17-3-2-4-18(22)13-17/h2-14H,1H3,(H,24,25)/b23-14-. The van der Waals surface area contributed by atoms with Gasteiger partial charge in [0.05, 0.1) is 6.21 Å². The van der Waals surface area contributed by atoms with Gasteiger partial charge in [-0.1, -0.05) is 39.7 Å². The molecule has 0 atom stereocenters. The summed E-state index contributed by atoms with van der Waals surface area (Å²) in [4.78, 5) is 12.1. The van der Waals surface area contributed by atoms with Gasteiger partial charge < -0.3 is 4.18 Å². The highest BCUT2D eigenvalue weighted by atomic mass is 79.9. The van der Waals surface area contributed by atoms with Crippen molar-refractivity contribution in [3.8, 4) is 5.75 Å². The summed E-state index contributed by atoms with van der Waals surface area (Å²) in [5, 5.41) is 3.91. The third-order valence-electron chi connectivity index (χ3n) is 3.86. The van der Waals surface area contributed by atoms with Gasteiger partial charge in [0.15, 0.2) is 0 Å². The van der Waals surface area contributed by atoms with E-state index < -0.39 is 10.1 Å². The maximum atomic E-state index is 12.3. The zero-order chi connectivity index (χ0) is 20.9. The Morgan fingerprint density at radius 1 is 1.03 bits per heavy atom. The zero-order valence-corrected chi connectivity index (χ0v) is 17.8. The van der Waals surface area contributed by atoms with Crippen LogP contribution < -0.4 is 9.61 Å². The van der Waals surface area contributed by atoms with Crippen LogP contribution in [-0.2, 0) is 10.1 Å². The van der Waals surface area contributed by atoms with Crippen LogP contribution in [-0.4, -0.2) is 20.5 Å². The van der Waals surface area contributed by atoms with Gasteiger partial charge in [0.25, 0.3) is 5.91 Å². The van der Waals surface area contributed by atoms with E-state index in [1.165, 1.54) is 30.5 Å². The topological polar surface area (TPSA) is 84.8 Å². The number of benzene rings is 3. The number of carbonyl (C=O) groups is 1.